The number of benzene rings is 1. The van der Waals surface area contributed by atoms with Gasteiger partial charge in [0, 0.05) is 18.6 Å². The van der Waals surface area contributed by atoms with E-state index >= 15 is 0 Å². The van der Waals surface area contributed by atoms with Crippen LogP contribution in [-0.4, -0.2) is 44.6 Å². The van der Waals surface area contributed by atoms with Crippen LogP contribution in [0, 0.1) is 0 Å². The van der Waals surface area contributed by atoms with Gasteiger partial charge in [-0.05, 0) is 23.6 Å². The summed E-state index contributed by atoms with van der Waals surface area (Å²) >= 11 is 0.981. The van der Waals surface area contributed by atoms with Gasteiger partial charge < -0.3 is 15.2 Å². The van der Waals surface area contributed by atoms with Crippen LogP contribution in [-0.2, 0) is 19.4 Å². The molecule has 6 nitrogen and oxygen atoms in total. The Morgan fingerprint density at radius 1 is 1.22 bits per heavy atom. The van der Waals surface area contributed by atoms with Crippen LogP contribution in [0.4, 0.5) is 0 Å². The Hall–Kier alpha value is -0.540. The second kappa shape index (κ2) is 10.4. The first-order valence-corrected chi connectivity index (χ1v) is 9.59. The fourth-order valence-corrected chi connectivity index (χ4v) is 2.89. The molecule has 1 rings (SSSR count). The van der Waals surface area contributed by atoms with Crippen LogP contribution in [0.15, 0.2) is 29.2 Å². The van der Waals surface area contributed by atoms with Gasteiger partial charge in [-0.3, -0.25) is 4.79 Å². The van der Waals surface area contributed by atoms with Crippen molar-refractivity contribution in [2.75, 3.05) is 24.3 Å². The number of carboxylic acid groups (broad SMARTS) is 1. The molecular weight excluding hydrogens is 349 g/mol. The minimum Gasteiger partial charge on any atom is -0.549 e. The van der Waals surface area contributed by atoms with E-state index in [0.717, 1.165) is 23.6 Å². The van der Waals surface area contributed by atoms with E-state index in [4.69, 9.17) is 0 Å². The molecule has 0 bridgehead atoms. The first kappa shape index (κ1) is 22.5. The SMILES string of the molecule is CC(CNC(=O)CSCC(=O)[O-])c1ccc(S(C)(=O)=O)cc1.[Na+]. The van der Waals surface area contributed by atoms with E-state index in [9.17, 15) is 23.1 Å². The van der Waals surface area contributed by atoms with E-state index in [1.807, 2.05) is 6.92 Å². The molecule has 0 aliphatic heterocycles. The zero-order chi connectivity index (χ0) is 16.8. The topological polar surface area (TPSA) is 103 Å². The Morgan fingerprint density at radius 2 is 1.78 bits per heavy atom. The van der Waals surface area contributed by atoms with E-state index in [0.29, 0.717) is 6.54 Å². The van der Waals surface area contributed by atoms with Crippen molar-refractivity contribution in [1.82, 2.24) is 5.32 Å². The smallest absolute Gasteiger partial charge is 0.549 e. The summed E-state index contributed by atoms with van der Waals surface area (Å²) < 4.78 is 22.7. The standard InChI is InChI=1S/C14H19NO5S2.Na/c1-10(7-15-13(16)8-21-9-14(17)18)11-3-5-12(6-4-11)22(2,19)20;/h3-6,10H,7-9H2,1-2H3,(H,15,16)(H,17,18);/q;+1/p-1. The molecule has 1 unspecified atom stereocenters. The zero-order valence-corrected chi connectivity index (χ0v) is 17.0. The molecule has 0 heterocycles. The largest absolute Gasteiger partial charge is 1.00 e. The Bertz CT molecular complexity index is 631. The van der Waals surface area contributed by atoms with Gasteiger partial charge in [0.25, 0.3) is 0 Å². The molecule has 0 aliphatic rings. The third-order valence-corrected chi connectivity index (χ3v) is 4.97. The second-order valence-corrected chi connectivity index (χ2v) is 7.91. The number of thioether (sulfide) groups is 1. The van der Waals surface area contributed by atoms with Crippen molar-refractivity contribution in [3.8, 4) is 0 Å². The van der Waals surface area contributed by atoms with Crippen LogP contribution in [0.5, 0.6) is 0 Å². The van der Waals surface area contributed by atoms with E-state index < -0.39 is 15.8 Å². The number of rotatable bonds is 8. The summed E-state index contributed by atoms with van der Waals surface area (Å²) in [7, 11) is -3.21. The molecular formula is C14H18NNaO5S2. The Balaban J connectivity index is 0.00000484. The maximum atomic E-state index is 11.5. The molecule has 0 saturated heterocycles. The maximum absolute atomic E-state index is 11.5. The van der Waals surface area contributed by atoms with E-state index in [1.165, 1.54) is 0 Å². The summed E-state index contributed by atoms with van der Waals surface area (Å²) in [5.74, 6) is -1.57. The zero-order valence-electron chi connectivity index (χ0n) is 13.4. The molecule has 0 aliphatic carbocycles. The molecule has 0 aromatic heterocycles. The van der Waals surface area contributed by atoms with Gasteiger partial charge in [-0.1, -0.05) is 19.1 Å². The van der Waals surface area contributed by atoms with Gasteiger partial charge in [0.1, 0.15) is 0 Å². The average Bonchev–Trinajstić information content (AvgIpc) is 2.43. The number of aliphatic carboxylic acids is 1. The van der Waals surface area contributed by atoms with Crippen molar-refractivity contribution >= 4 is 33.5 Å². The van der Waals surface area contributed by atoms with Crippen LogP contribution in [0.2, 0.25) is 0 Å². The van der Waals surface area contributed by atoms with Gasteiger partial charge in [-0.2, -0.15) is 0 Å². The van der Waals surface area contributed by atoms with Crippen LogP contribution >= 0.6 is 11.8 Å². The molecule has 122 valence electrons. The number of carbonyl (C=O) groups excluding carboxylic acids is 2. The molecule has 0 saturated carbocycles. The molecule has 1 aromatic rings. The molecule has 23 heavy (non-hydrogen) atoms. The summed E-state index contributed by atoms with van der Waals surface area (Å²) in [6.07, 6.45) is 1.15. The number of hydrogen-bond donors (Lipinski definition) is 1. The summed E-state index contributed by atoms with van der Waals surface area (Å²) in [5, 5.41) is 12.9. The van der Waals surface area contributed by atoms with E-state index in [2.05, 4.69) is 5.32 Å². The fraction of sp³-hybridized carbons (Fsp3) is 0.429. The molecule has 1 amide bonds. The first-order valence-electron chi connectivity index (χ1n) is 6.54. The monoisotopic (exact) mass is 367 g/mol. The molecule has 0 spiro atoms. The Morgan fingerprint density at radius 3 is 2.26 bits per heavy atom. The molecule has 1 N–H and O–H groups in total. The third kappa shape index (κ3) is 8.76. The normalized spacial score (nSPS) is 12.1. The molecule has 9 heteroatoms. The number of sulfone groups is 1. The van der Waals surface area contributed by atoms with Crippen molar-refractivity contribution in [2.24, 2.45) is 0 Å². The van der Waals surface area contributed by atoms with Crippen LogP contribution in [0.1, 0.15) is 18.4 Å². The molecule has 0 radical (unpaired) electrons. The van der Waals surface area contributed by atoms with Crippen LogP contribution in [0.3, 0.4) is 0 Å². The predicted molar refractivity (Wildman–Crippen MR) is 83.3 cm³/mol. The van der Waals surface area contributed by atoms with E-state index in [1.54, 1.807) is 24.3 Å². The molecule has 1 atom stereocenters. The van der Waals surface area contributed by atoms with Gasteiger partial charge in [-0.15, -0.1) is 11.8 Å². The summed E-state index contributed by atoms with van der Waals surface area (Å²) in [4.78, 5) is 22.0. The van der Waals surface area contributed by atoms with Crippen molar-refractivity contribution < 1.29 is 52.7 Å². The van der Waals surface area contributed by atoms with Crippen molar-refractivity contribution in [2.45, 2.75) is 17.7 Å². The number of hydrogen-bond acceptors (Lipinski definition) is 6. The fourth-order valence-electron chi connectivity index (χ4n) is 1.71. The third-order valence-electron chi connectivity index (χ3n) is 2.94. The Kier molecular flexibility index (Phi) is 10.1. The minimum absolute atomic E-state index is 0. The molecule has 1 aromatic carbocycles. The summed E-state index contributed by atoms with van der Waals surface area (Å²) in [5.41, 5.74) is 0.912. The predicted octanol–water partition coefficient (Wildman–Crippen LogP) is -3.20. The van der Waals surface area contributed by atoms with Crippen LogP contribution in [0.25, 0.3) is 0 Å². The number of carboxylic acids is 1. The number of nitrogens with one attached hydrogen (secondary N) is 1. The maximum Gasteiger partial charge on any atom is 1.00 e. The number of carbonyl (C=O) groups is 2. The first-order chi connectivity index (χ1) is 10.2. The summed E-state index contributed by atoms with van der Waals surface area (Å²) in [6.45, 7) is 2.30. The van der Waals surface area contributed by atoms with Gasteiger partial charge in [0.15, 0.2) is 9.84 Å². The van der Waals surface area contributed by atoms with Crippen LogP contribution < -0.4 is 40.0 Å². The quantitative estimate of drug-likeness (QED) is 0.486. The Labute approximate surface area is 162 Å². The van der Waals surface area contributed by atoms with Crippen molar-refractivity contribution in [3.05, 3.63) is 29.8 Å². The number of amides is 1. The van der Waals surface area contributed by atoms with Gasteiger partial charge in [-0.25, -0.2) is 8.42 Å². The van der Waals surface area contributed by atoms with Gasteiger partial charge in [0.05, 0.1) is 16.6 Å². The minimum atomic E-state index is -3.21. The van der Waals surface area contributed by atoms with Gasteiger partial charge in [0.2, 0.25) is 5.91 Å². The second-order valence-electron chi connectivity index (χ2n) is 4.91. The van der Waals surface area contributed by atoms with Crippen molar-refractivity contribution in [1.29, 1.82) is 0 Å². The van der Waals surface area contributed by atoms with Gasteiger partial charge >= 0.3 is 29.6 Å². The average molecular weight is 367 g/mol. The molecule has 0 fully saturated rings. The van der Waals surface area contributed by atoms with Crippen molar-refractivity contribution in [3.63, 3.8) is 0 Å². The summed E-state index contributed by atoms with van der Waals surface area (Å²) in [6, 6.07) is 6.52. The van der Waals surface area contributed by atoms with E-state index in [-0.39, 0.29) is 57.8 Å².